The Kier molecular flexibility index (Phi) is 7.95. The van der Waals surface area contributed by atoms with Crippen molar-refractivity contribution in [2.75, 3.05) is 20.8 Å². The lowest BCUT2D eigenvalue weighted by atomic mass is 9.86. The molecule has 0 N–H and O–H groups in total. The van der Waals surface area contributed by atoms with Crippen molar-refractivity contribution in [3.05, 3.63) is 0 Å². The molecule has 2 unspecified atom stereocenters. The minimum atomic E-state index is -2.39. The molecule has 0 aliphatic carbocycles. The molecule has 11 nitrogen and oxygen atoms in total. The standard InChI is InChI=1S/C24H40N2O9Si/c1-10-11-12-33-21(29)18-17(20(28)31-6)24(22(30)32-7)26-16(27)13-15(25(18)26)19(14(2)34-24)35-36(8,9)23(3,4)5/h14-15,17-19H,10-13H2,1-9H3/t14-,15+,17-,18?,19-,24+/m0/s1. The topological polar surface area (TPSA) is 121 Å². The highest BCUT2D eigenvalue weighted by atomic mass is 28.4. The number of hydrogen-bond donors (Lipinski definition) is 0. The summed E-state index contributed by atoms with van der Waals surface area (Å²) in [4.78, 5) is 53.5. The van der Waals surface area contributed by atoms with Crippen molar-refractivity contribution >= 4 is 32.1 Å². The van der Waals surface area contributed by atoms with Crippen molar-refractivity contribution in [3.63, 3.8) is 0 Å². The summed E-state index contributed by atoms with van der Waals surface area (Å²) in [6.45, 7) is 14.3. The molecule has 0 spiro atoms. The highest BCUT2D eigenvalue weighted by Gasteiger charge is 2.77. The molecule has 204 valence electrons. The maximum Gasteiger partial charge on any atom is 0.362 e. The molecule has 0 radical (unpaired) electrons. The Labute approximate surface area is 213 Å². The number of hydrazine groups is 1. The van der Waals surface area contributed by atoms with Crippen LogP contribution in [0.4, 0.5) is 0 Å². The minimum Gasteiger partial charge on any atom is -0.469 e. The highest BCUT2D eigenvalue weighted by Crippen LogP contribution is 2.53. The van der Waals surface area contributed by atoms with Gasteiger partial charge < -0.3 is 23.4 Å². The Morgan fingerprint density at radius 1 is 1.14 bits per heavy atom. The van der Waals surface area contributed by atoms with Gasteiger partial charge in [-0.2, -0.15) is 5.01 Å². The molecule has 12 heteroatoms. The van der Waals surface area contributed by atoms with Gasteiger partial charge >= 0.3 is 17.9 Å². The van der Waals surface area contributed by atoms with Crippen molar-refractivity contribution in [2.45, 2.75) is 102 Å². The van der Waals surface area contributed by atoms with E-state index in [1.54, 1.807) is 6.92 Å². The summed E-state index contributed by atoms with van der Waals surface area (Å²) in [6, 6.07) is -1.99. The van der Waals surface area contributed by atoms with Crippen LogP contribution < -0.4 is 0 Å². The lowest BCUT2D eigenvalue weighted by Crippen LogP contribution is -2.64. The molecular weight excluding hydrogens is 488 g/mol. The monoisotopic (exact) mass is 528 g/mol. The van der Waals surface area contributed by atoms with Crippen LogP contribution in [-0.2, 0) is 42.6 Å². The van der Waals surface area contributed by atoms with E-state index in [-0.39, 0.29) is 18.1 Å². The Morgan fingerprint density at radius 3 is 2.31 bits per heavy atom. The first kappa shape index (κ1) is 28.5. The first-order valence-corrected chi connectivity index (χ1v) is 15.4. The van der Waals surface area contributed by atoms with Gasteiger partial charge in [-0.3, -0.25) is 14.4 Å². The second kappa shape index (κ2) is 10.0. The number of nitrogens with zero attached hydrogens (tertiary/aromatic N) is 2. The molecule has 3 aliphatic heterocycles. The molecule has 0 aromatic heterocycles. The Morgan fingerprint density at radius 2 is 1.78 bits per heavy atom. The molecule has 3 heterocycles. The van der Waals surface area contributed by atoms with Gasteiger partial charge in [-0.1, -0.05) is 34.1 Å². The third-order valence-electron chi connectivity index (χ3n) is 7.89. The third kappa shape index (κ3) is 4.35. The lowest BCUT2D eigenvalue weighted by molar-refractivity contribution is -0.230. The molecule has 4 bridgehead atoms. The zero-order chi connectivity index (χ0) is 27.2. The van der Waals surface area contributed by atoms with Gasteiger partial charge in [-0.15, -0.1) is 0 Å². The van der Waals surface area contributed by atoms with E-state index in [9.17, 15) is 19.2 Å². The number of unbranched alkanes of at least 4 members (excludes halogenated alkanes) is 1. The van der Waals surface area contributed by atoms with Crippen molar-refractivity contribution in [2.24, 2.45) is 5.92 Å². The van der Waals surface area contributed by atoms with Crippen LogP contribution in [0.25, 0.3) is 0 Å². The van der Waals surface area contributed by atoms with Gasteiger partial charge in [0.25, 0.3) is 5.72 Å². The number of amides is 1. The molecule has 1 amide bonds. The second-order valence-corrected chi connectivity index (χ2v) is 15.9. The average molecular weight is 529 g/mol. The summed E-state index contributed by atoms with van der Waals surface area (Å²) in [5.74, 6) is -4.57. The van der Waals surface area contributed by atoms with E-state index >= 15 is 0 Å². The van der Waals surface area contributed by atoms with Crippen molar-refractivity contribution in [1.82, 2.24) is 10.0 Å². The van der Waals surface area contributed by atoms with E-state index in [0.29, 0.717) is 6.42 Å². The van der Waals surface area contributed by atoms with Gasteiger partial charge in [0, 0.05) is 6.42 Å². The van der Waals surface area contributed by atoms with Crippen LogP contribution in [0, 0.1) is 5.92 Å². The van der Waals surface area contributed by atoms with Crippen LogP contribution in [0.3, 0.4) is 0 Å². The van der Waals surface area contributed by atoms with Crippen molar-refractivity contribution in [3.8, 4) is 0 Å². The molecule has 0 saturated carbocycles. The van der Waals surface area contributed by atoms with Gasteiger partial charge in [-0.25, -0.2) is 9.80 Å². The maximum atomic E-state index is 13.5. The van der Waals surface area contributed by atoms with E-state index < -0.39 is 68.1 Å². The Hall–Kier alpha value is -2.02. The third-order valence-corrected chi connectivity index (χ3v) is 12.4. The summed E-state index contributed by atoms with van der Waals surface area (Å²) in [7, 11) is -0.0913. The Balaban J connectivity index is 2.19. The van der Waals surface area contributed by atoms with Crippen LogP contribution in [-0.4, -0.2) is 93.0 Å². The average Bonchev–Trinajstić information content (AvgIpc) is 3.26. The number of ether oxygens (including phenoxy) is 4. The van der Waals surface area contributed by atoms with Crippen LogP contribution in [0.5, 0.6) is 0 Å². The minimum absolute atomic E-state index is 0.0155. The molecule has 0 aromatic carbocycles. The molecular formula is C24H40N2O9Si. The normalized spacial score (nSPS) is 33.8. The van der Waals surface area contributed by atoms with E-state index in [0.717, 1.165) is 25.6 Å². The highest BCUT2D eigenvalue weighted by molar-refractivity contribution is 6.74. The van der Waals surface area contributed by atoms with Crippen LogP contribution in [0.1, 0.15) is 53.9 Å². The van der Waals surface area contributed by atoms with Crippen LogP contribution >= 0.6 is 0 Å². The number of carbonyl (C=O) groups is 4. The first-order valence-electron chi connectivity index (χ1n) is 12.5. The van der Waals surface area contributed by atoms with Crippen molar-refractivity contribution < 1.29 is 42.6 Å². The smallest absolute Gasteiger partial charge is 0.362 e. The fraction of sp³-hybridized carbons (Fsp3) is 0.833. The summed E-state index contributed by atoms with van der Waals surface area (Å²) in [5, 5.41) is 2.40. The largest absolute Gasteiger partial charge is 0.469 e. The van der Waals surface area contributed by atoms with E-state index in [1.165, 1.54) is 5.01 Å². The SMILES string of the molecule is CCCCOC(=O)C1[C@@H](C(=O)OC)[C@]2(C(=O)OC)O[C@@H](C)[C@H](O[Si](C)(C)C(C)(C)C)[C@H]3CC(=O)N2N13. The van der Waals surface area contributed by atoms with E-state index in [2.05, 4.69) is 33.9 Å². The summed E-state index contributed by atoms with van der Waals surface area (Å²) in [6.07, 6.45) is 0.0345. The van der Waals surface area contributed by atoms with E-state index in [1.807, 2.05) is 6.92 Å². The quantitative estimate of drug-likeness (QED) is 0.200. The summed E-state index contributed by atoms with van der Waals surface area (Å²) >= 11 is 0. The van der Waals surface area contributed by atoms with Crippen LogP contribution in [0.15, 0.2) is 0 Å². The molecule has 0 aromatic rings. The van der Waals surface area contributed by atoms with Gasteiger partial charge in [0.05, 0.1) is 39.1 Å². The molecule has 3 rings (SSSR count). The fourth-order valence-corrected chi connectivity index (χ4v) is 6.42. The molecule has 7 atom stereocenters. The van der Waals surface area contributed by atoms with Gasteiger partial charge in [-0.05, 0) is 31.5 Å². The predicted molar refractivity (Wildman–Crippen MR) is 130 cm³/mol. The number of esters is 3. The lowest BCUT2D eigenvalue weighted by Gasteiger charge is -2.45. The summed E-state index contributed by atoms with van der Waals surface area (Å²) < 4.78 is 28.7. The molecule has 3 aliphatic rings. The predicted octanol–water partition coefficient (Wildman–Crippen LogP) is 2.00. The number of carbonyl (C=O) groups excluding carboxylic acids is 4. The fourth-order valence-electron chi connectivity index (χ4n) is 5.04. The zero-order valence-corrected chi connectivity index (χ0v) is 23.8. The number of rotatable bonds is 8. The summed E-state index contributed by atoms with van der Waals surface area (Å²) in [5.41, 5.74) is -2.23. The first-order chi connectivity index (χ1) is 16.7. The van der Waals surface area contributed by atoms with Crippen molar-refractivity contribution in [1.29, 1.82) is 0 Å². The van der Waals surface area contributed by atoms with Gasteiger partial charge in [0.1, 0.15) is 12.0 Å². The molecule has 3 fully saturated rings. The van der Waals surface area contributed by atoms with Crippen LogP contribution in [0.2, 0.25) is 18.1 Å². The second-order valence-electron chi connectivity index (χ2n) is 11.2. The zero-order valence-electron chi connectivity index (χ0n) is 22.8. The maximum absolute atomic E-state index is 13.5. The Bertz CT molecular complexity index is 905. The molecule has 36 heavy (non-hydrogen) atoms. The van der Waals surface area contributed by atoms with Gasteiger partial charge in [0.15, 0.2) is 8.32 Å². The molecule has 3 saturated heterocycles. The van der Waals surface area contributed by atoms with Gasteiger partial charge in [0.2, 0.25) is 5.91 Å². The number of methoxy groups -OCH3 is 2. The number of hydrogen-bond acceptors (Lipinski definition) is 10. The van der Waals surface area contributed by atoms with E-state index in [4.69, 9.17) is 23.4 Å².